The molecular formula is C42H80N5O13P. The van der Waals surface area contributed by atoms with E-state index in [1.165, 1.54) is 64.7 Å². The number of phosphoric ester groups is 1. The number of hydrogen-bond donors (Lipinski definition) is 4. The average molecular weight is 894 g/mol. The molecule has 0 aromatic carbocycles. The molecule has 0 saturated carbocycles. The number of carboxylic acid groups (broad SMARTS) is 1. The normalized spacial score (nSPS) is 13.5. The van der Waals surface area contributed by atoms with Gasteiger partial charge in [-0.25, -0.2) is 0 Å². The highest BCUT2D eigenvalue weighted by Gasteiger charge is 2.23. The first-order valence-electron chi connectivity index (χ1n) is 22.3. The van der Waals surface area contributed by atoms with Crippen molar-refractivity contribution in [3.05, 3.63) is 0 Å². The maximum atomic E-state index is 12.8. The van der Waals surface area contributed by atoms with E-state index in [1.54, 1.807) is 0 Å². The molecule has 4 N–H and O–H groups in total. The maximum absolute atomic E-state index is 12.8. The van der Waals surface area contributed by atoms with Crippen LogP contribution in [-0.4, -0.2) is 143 Å². The van der Waals surface area contributed by atoms with Gasteiger partial charge in [0.25, 0.3) is 7.82 Å². The highest BCUT2D eigenvalue weighted by molar-refractivity contribution is 7.45. The zero-order valence-corrected chi connectivity index (χ0v) is 39.0. The molecular weight excluding hydrogens is 813 g/mol. The van der Waals surface area contributed by atoms with Crippen molar-refractivity contribution in [2.24, 2.45) is 0 Å². The van der Waals surface area contributed by atoms with E-state index in [0.717, 1.165) is 19.3 Å². The Labute approximate surface area is 365 Å². The van der Waals surface area contributed by atoms with E-state index in [1.807, 2.05) is 28.2 Å². The fourth-order valence-corrected chi connectivity index (χ4v) is 6.81. The first kappa shape index (κ1) is 57.9. The first-order valence-corrected chi connectivity index (χ1v) is 23.8. The first-order chi connectivity index (χ1) is 28.8. The number of ether oxygens (including phenoxy) is 2. The van der Waals surface area contributed by atoms with Gasteiger partial charge in [0.1, 0.15) is 32.3 Å². The van der Waals surface area contributed by atoms with Crippen molar-refractivity contribution in [2.45, 2.75) is 154 Å². The lowest BCUT2D eigenvalue weighted by Gasteiger charge is -2.28. The molecule has 3 atom stereocenters. The lowest BCUT2D eigenvalue weighted by atomic mass is 10.0. The Kier molecular flexibility index (Phi) is 33.5. The van der Waals surface area contributed by atoms with Crippen molar-refractivity contribution in [3.8, 4) is 0 Å². The van der Waals surface area contributed by atoms with E-state index in [9.17, 15) is 38.2 Å². The minimum absolute atomic E-state index is 0.0497. The van der Waals surface area contributed by atoms with Gasteiger partial charge in [0.15, 0.2) is 6.10 Å². The molecule has 0 spiro atoms. The molecule has 0 saturated heterocycles. The largest absolute Gasteiger partial charge is 0.756 e. The third-order valence-corrected chi connectivity index (χ3v) is 10.6. The smallest absolute Gasteiger partial charge is 0.322 e. The number of carboxylic acids is 1. The Balaban J connectivity index is 4.71. The van der Waals surface area contributed by atoms with Crippen LogP contribution in [0.15, 0.2) is 0 Å². The van der Waals surface area contributed by atoms with Crippen LogP contribution in [0.1, 0.15) is 142 Å². The van der Waals surface area contributed by atoms with E-state index in [2.05, 4.69) is 27.8 Å². The van der Waals surface area contributed by atoms with Crippen molar-refractivity contribution < 1.29 is 66.3 Å². The van der Waals surface area contributed by atoms with Gasteiger partial charge in [0, 0.05) is 19.8 Å². The SMILES string of the molecule is CCCCCCCCCCCCCCCC(=O)OC[C@@H](COP(=O)([O-])OCC[N+](C)(C)C)OC(=O)CCCCN(C)CCCC[C@H](NC(C)=O)C(=O)NCC(=O)NCC(=O)O. The number of hydrogen-bond acceptors (Lipinski definition) is 13. The van der Waals surface area contributed by atoms with E-state index in [4.69, 9.17) is 23.6 Å². The Morgan fingerprint density at radius 3 is 1.82 bits per heavy atom. The highest BCUT2D eigenvalue weighted by atomic mass is 31.2. The van der Waals surface area contributed by atoms with Gasteiger partial charge in [-0.1, -0.05) is 84.0 Å². The average Bonchev–Trinajstić information content (AvgIpc) is 3.17. The summed E-state index contributed by atoms with van der Waals surface area (Å²) in [5, 5.41) is 15.8. The van der Waals surface area contributed by atoms with E-state index in [0.29, 0.717) is 62.6 Å². The van der Waals surface area contributed by atoms with Crippen molar-refractivity contribution in [3.63, 3.8) is 0 Å². The molecule has 3 amide bonds. The number of nitrogens with zero attached hydrogens (tertiary/aromatic N) is 2. The van der Waals surface area contributed by atoms with Gasteiger partial charge in [0.05, 0.1) is 34.3 Å². The number of phosphoric acid groups is 1. The summed E-state index contributed by atoms with van der Waals surface area (Å²) in [4.78, 5) is 86.3. The molecule has 61 heavy (non-hydrogen) atoms. The molecule has 0 aliphatic rings. The number of carbonyl (C=O) groups excluding carboxylic acids is 5. The van der Waals surface area contributed by atoms with Gasteiger partial charge in [-0.3, -0.25) is 33.3 Å². The second-order valence-corrected chi connectivity index (χ2v) is 18.2. The maximum Gasteiger partial charge on any atom is 0.322 e. The lowest BCUT2D eigenvalue weighted by molar-refractivity contribution is -0.870. The van der Waals surface area contributed by atoms with Gasteiger partial charge >= 0.3 is 17.9 Å². The topological polar surface area (TPSA) is 239 Å². The van der Waals surface area contributed by atoms with E-state index in [-0.39, 0.29) is 26.1 Å². The van der Waals surface area contributed by atoms with Crippen LogP contribution in [0.5, 0.6) is 0 Å². The number of likely N-dealkylation sites (N-methyl/N-ethyl adjacent to an activating group) is 1. The minimum atomic E-state index is -4.71. The quantitative estimate of drug-likeness (QED) is 0.0292. The number of rotatable bonds is 40. The van der Waals surface area contributed by atoms with E-state index >= 15 is 0 Å². The van der Waals surface area contributed by atoms with Crippen molar-refractivity contribution >= 4 is 43.5 Å². The summed E-state index contributed by atoms with van der Waals surface area (Å²) in [5.41, 5.74) is 0. The summed E-state index contributed by atoms with van der Waals surface area (Å²) in [5.74, 6) is -3.88. The molecule has 0 aromatic heterocycles. The summed E-state index contributed by atoms with van der Waals surface area (Å²) >= 11 is 0. The van der Waals surface area contributed by atoms with E-state index < -0.39 is 75.3 Å². The second-order valence-electron chi connectivity index (χ2n) is 16.8. The summed E-state index contributed by atoms with van der Waals surface area (Å²) in [6.07, 6.45) is 17.2. The molecule has 0 aliphatic heterocycles. The summed E-state index contributed by atoms with van der Waals surface area (Å²) < 4.78 is 33.8. The second kappa shape index (κ2) is 35.3. The fraction of sp³-hybridized carbons (Fsp3) is 0.857. The predicted molar refractivity (Wildman–Crippen MR) is 230 cm³/mol. The summed E-state index contributed by atoms with van der Waals surface area (Å²) in [7, 11) is 2.87. The molecule has 0 heterocycles. The van der Waals surface area contributed by atoms with Crippen LogP contribution < -0.4 is 20.8 Å². The zero-order chi connectivity index (χ0) is 45.9. The third-order valence-electron chi connectivity index (χ3n) is 9.65. The minimum Gasteiger partial charge on any atom is -0.756 e. The van der Waals surface area contributed by atoms with Crippen LogP contribution in [-0.2, 0) is 51.9 Å². The van der Waals surface area contributed by atoms with Gasteiger partial charge in [-0.05, 0) is 58.7 Å². The number of quaternary nitrogens is 1. The molecule has 0 rings (SSSR count). The van der Waals surface area contributed by atoms with Gasteiger partial charge in [0.2, 0.25) is 17.7 Å². The standard InChI is InChI=1S/C42H80N5O13P/c1-7-8-9-10-11-12-13-14-15-16-17-18-19-25-40(52)57-33-36(34-59-61(55,56)58-30-29-47(4,5)6)60-41(53)26-21-23-28-46(3)27-22-20-24-37(45-35(2)48)42(54)44-31-38(49)43-32-39(50)51/h36-37H,7-34H2,1-6H3,(H4-,43,44,45,48,49,50,51,54,55,56)/t36-,37-/m0/s1. The zero-order valence-electron chi connectivity index (χ0n) is 38.1. The number of nitrogens with one attached hydrogen (secondary N) is 3. The molecule has 0 aliphatic carbocycles. The Morgan fingerprint density at radius 2 is 1.26 bits per heavy atom. The molecule has 1 unspecified atom stereocenters. The predicted octanol–water partition coefficient (Wildman–Crippen LogP) is 4.22. The molecule has 19 heteroatoms. The van der Waals surface area contributed by atoms with Gasteiger partial charge in [-0.15, -0.1) is 0 Å². The van der Waals surface area contributed by atoms with Crippen molar-refractivity contribution in [1.29, 1.82) is 0 Å². The molecule has 0 fully saturated rings. The number of amides is 3. The van der Waals surface area contributed by atoms with Crippen LogP contribution >= 0.6 is 7.82 Å². The number of unbranched alkanes of at least 4 members (excludes halogenated alkanes) is 14. The molecule has 0 radical (unpaired) electrons. The van der Waals surface area contributed by atoms with Crippen LogP contribution in [0, 0.1) is 0 Å². The fourth-order valence-electron chi connectivity index (χ4n) is 6.08. The van der Waals surface area contributed by atoms with Crippen LogP contribution in [0.4, 0.5) is 0 Å². The van der Waals surface area contributed by atoms with Crippen LogP contribution in [0.25, 0.3) is 0 Å². The lowest BCUT2D eigenvalue weighted by Crippen LogP contribution is -2.48. The molecule has 0 bridgehead atoms. The Bertz CT molecular complexity index is 1300. The summed E-state index contributed by atoms with van der Waals surface area (Å²) in [6.45, 7) is 3.26. The van der Waals surface area contributed by atoms with Crippen molar-refractivity contribution in [2.75, 3.05) is 80.7 Å². The summed E-state index contributed by atoms with van der Waals surface area (Å²) in [6, 6.07) is -0.858. The molecule has 356 valence electrons. The molecule has 18 nitrogen and oxygen atoms in total. The van der Waals surface area contributed by atoms with Crippen LogP contribution in [0.3, 0.4) is 0 Å². The van der Waals surface area contributed by atoms with Crippen LogP contribution in [0.2, 0.25) is 0 Å². The Morgan fingerprint density at radius 1 is 0.721 bits per heavy atom. The van der Waals surface area contributed by atoms with Gasteiger partial charge in [-0.2, -0.15) is 0 Å². The number of esters is 2. The third kappa shape index (κ3) is 38.3. The van der Waals surface area contributed by atoms with Crippen molar-refractivity contribution in [1.82, 2.24) is 20.9 Å². The number of aliphatic carboxylic acids is 1. The Hall–Kier alpha value is -3.15. The number of carbonyl (C=O) groups is 6. The highest BCUT2D eigenvalue weighted by Crippen LogP contribution is 2.38. The monoisotopic (exact) mass is 894 g/mol. The van der Waals surface area contributed by atoms with Gasteiger partial charge < -0.3 is 53.9 Å². The molecule has 0 aromatic rings.